The summed E-state index contributed by atoms with van der Waals surface area (Å²) in [5, 5.41) is 0. The van der Waals surface area contributed by atoms with Gasteiger partial charge in [0.2, 0.25) is 0 Å². The van der Waals surface area contributed by atoms with Gasteiger partial charge in [-0.1, -0.05) is 30.7 Å². The van der Waals surface area contributed by atoms with Gasteiger partial charge < -0.3 is 4.74 Å². The van der Waals surface area contributed by atoms with Crippen LogP contribution in [0.1, 0.15) is 33.6 Å². The van der Waals surface area contributed by atoms with Crippen LogP contribution in [0.2, 0.25) is 0 Å². The van der Waals surface area contributed by atoms with Gasteiger partial charge in [0.05, 0.1) is 5.60 Å². The summed E-state index contributed by atoms with van der Waals surface area (Å²) in [6.45, 7) is 7.29. The van der Waals surface area contributed by atoms with Crippen LogP contribution in [0.15, 0.2) is 23.8 Å². The molecule has 1 aliphatic carbocycles. The third-order valence-corrected chi connectivity index (χ3v) is 2.10. The van der Waals surface area contributed by atoms with E-state index in [0.717, 1.165) is 19.4 Å². The Morgan fingerprint density at radius 3 is 2.92 bits per heavy atom. The van der Waals surface area contributed by atoms with Crippen molar-refractivity contribution in [1.82, 2.24) is 0 Å². The van der Waals surface area contributed by atoms with E-state index in [1.165, 1.54) is 5.57 Å². The van der Waals surface area contributed by atoms with Gasteiger partial charge in [0.1, 0.15) is 0 Å². The number of rotatable bonds is 3. The summed E-state index contributed by atoms with van der Waals surface area (Å²) in [7, 11) is 0. The van der Waals surface area contributed by atoms with E-state index in [9.17, 15) is 0 Å². The molecule has 1 rings (SSSR count). The van der Waals surface area contributed by atoms with E-state index in [1.54, 1.807) is 0 Å². The maximum atomic E-state index is 5.76. The summed E-state index contributed by atoms with van der Waals surface area (Å²) < 4.78 is 5.76. The summed E-state index contributed by atoms with van der Waals surface area (Å²) >= 11 is 0. The first-order chi connectivity index (χ1) is 5.66. The molecule has 1 aliphatic rings. The van der Waals surface area contributed by atoms with Crippen LogP contribution in [0.3, 0.4) is 0 Å². The van der Waals surface area contributed by atoms with E-state index in [4.69, 9.17) is 4.74 Å². The molecule has 0 saturated heterocycles. The van der Waals surface area contributed by atoms with Crippen molar-refractivity contribution >= 4 is 0 Å². The minimum atomic E-state index is -0.0468. The molecule has 0 radical (unpaired) electrons. The Balaban J connectivity index is 2.51. The number of ether oxygens (including phenoxy) is 1. The molecule has 0 N–H and O–H groups in total. The lowest BCUT2D eigenvalue weighted by atomic mass is 9.92. The second kappa shape index (κ2) is 3.90. The zero-order chi connectivity index (χ0) is 9.03. The van der Waals surface area contributed by atoms with E-state index in [2.05, 4.69) is 39.0 Å². The highest BCUT2D eigenvalue weighted by Crippen LogP contribution is 2.25. The molecule has 0 heterocycles. The predicted octanol–water partition coefficient (Wildman–Crippen LogP) is 3.08. The first kappa shape index (κ1) is 9.53. The van der Waals surface area contributed by atoms with E-state index >= 15 is 0 Å². The Labute approximate surface area is 75.1 Å². The molecular formula is C11H18O. The molecule has 12 heavy (non-hydrogen) atoms. The SMILES string of the molecule is CCCOC1(C)C=CC=C(C)C1. The van der Waals surface area contributed by atoms with Crippen molar-refractivity contribution in [2.24, 2.45) is 0 Å². The van der Waals surface area contributed by atoms with E-state index in [-0.39, 0.29) is 5.60 Å². The molecule has 0 spiro atoms. The zero-order valence-electron chi connectivity index (χ0n) is 8.26. The smallest absolute Gasteiger partial charge is 0.0874 e. The van der Waals surface area contributed by atoms with Crippen LogP contribution in [0.4, 0.5) is 0 Å². The molecule has 0 aromatic heterocycles. The lowest BCUT2D eigenvalue weighted by Gasteiger charge is -2.28. The second-order valence-electron chi connectivity index (χ2n) is 3.71. The van der Waals surface area contributed by atoms with Gasteiger partial charge in [0.25, 0.3) is 0 Å². The van der Waals surface area contributed by atoms with Gasteiger partial charge in [-0.05, 0) is 20.3 Å². The normalized spacial score (nSPS) is 28.8. The van der Waals surface area contributed by atoms with E-state index in [1.807, 2.05) is 0 Å². The molecule has 68 valence electrons. The Morgan fingerprint density at radius 2 is 2.33 bits per heavy atom. The minimum Gasteiger partial charge on any atom is -0.371 e. The van der Waals surface area contributed by atoms with Crippen molar-refractivity contribution in [2.75, 3.05) is 6.61 Å². The van der Waals surface area contributed by atoms with Crippen LogP contribution in [-0.2, 0) is 4.74 Å². The highest BCUT2D eigenvalue weighted by atomic mass is 16.5. The molecule has 0 aromatic carbocycles. The van der Waals surface area contributed by atoms with Crippen molar-refractivity contribution in [3.8, 4) is 0 Å². The highest BCUT2D eigenvalue weighted by molar-refractivity contribution is 5.23. The van der Waals surface area contributed by atoms with Crippen LogP contribution in [0.25, 0.3) is 0 Å². The quantitative estimate of drug-likeness (QED) is 0.626. The lowest BCUT2D eigenvalue weighted by molar-refractivity contribution is 0.00544. The standard InChI is InChI=1S/C11H18O/c1-4-8-12-11(3)7-5-6-10(2)9-11/h5-7H,4,8-9H2,1-3H3. The highest BCUT2D eigenvalue weighted by Gasteiger charge is 2.23. The molecule has 0 amide bonds. The van der Waals surface area contributed by atoms with Crippen molar-refractivity contribution in [1.29, 1.82) is 0 Å². The monoisotopic (exact) mass is 166 g/mol. The summed E-state index contributed by atoms with van der Waals surface area (Å²) in [6.07, 6.45) is 8.51. The Morgan fingerprint density at radius 1 is 1.58 bits per heavy atom. The topological polar surface area (TPSA) is 9.23 Å². The van der Waals surface area contributed by atoms with E-state index in [0.29, 0.717) is 0 Å². The fourth-order valence-corrected chi connectivity index (χ4v) is 1.52. The second-order valence-corrected chi connectivity index (χ2v) is 3.71. The molecule has 0 fully saturated rings. The summed E-state index contributed by atoms with van der Waals surface area (Å²) in [6, 6.07) is 0. The van der Waals surface area contributed by atoms with Crippen molar-refractivity contribution in [3.05, 3.63) is 23.8 Å². The number of allylic oxidation sites excluding steroid dienone is 2. The number of hydrogen-bond donors (Lipinski definition) is 0. The van der Waals surface area contributed by atoms with Crippen molar-refractivity contribution in [3.63, 3.8) is 0 Å². The van der Waals surface area contributed by atoms with Crippen LogP contribution in [0.5, 0.6) is 0 Å². The first-order valence-electron chi connectivity index (χ1n) is 4.65. The number of hydrogen-bond acceptors (Lipinski definition) is 1. The zero-order valence-corrected chi connectivity index (χ0v) is 8.26. The maximum absolute atomic E-state index is 5.76. The fraction of sp³-hybridized carbons (Fsp3) is 0.636. The molecule has 0 aromatic rings. The van der Waals surface area contributed by atoms with Crippen molar-refractivity contribution < 1.29 is 4.74 Å². The van der Waals surface area contributed by atoms with E-state index < -0.39 is 0 Å². The van der Waals surface area contributed by atoms with Crippen LogP contribution < -0.4 is 0 Å². The van der Waals surface area contributed by atoms with Gasteiger partial charge in [0, 0.05) is 13.0 Å². The average molecular weight is 166 g/mol. The van der Waals surface area contributed by atoms with Crippen LogP contribution in [0, 0.1) is 0 Å². The first-order valence-corrected chi connectivity index (χ1v) is 4.65. The Kier molecular flexibility index (Phi) is 3.10. The largest absolute Gasteiger partial charge is 0.371 e. The Hall–Kier alpha value is -0.560. The third-order valence-electron chi connectivity index (χ3n) is 2.10. The third kappa shape index (κ3) is 2.49. The summed E-state index contributed by atoms with van der Waals surface area (Å²) in [5.41, 5.74) is 1.35. The van der Waals surface area contributed by atoms with Gasteiger partial charge in [-0.2, -0.15) is 0 Å². The molecule has 0 saturated carbocycles. The summed E-state index contributed by atoms with van der Waals surface area (Å²) in [5.74, 6) is 0. The van der Waals surface area contributed by atoms with Gasteiger partial charge in [-0.3, -0.25) is 0 Å². The van der Waals surface area contributed by atoms with Crippen LogP contribution in [-0.4, -0.2) is 12.2 Å². The summed E-state index contributed by atoms with van der Waals surface area (Å²) in [4.78, 5) is 0. The maximum Gasteiger partial charge on any atom is 0.0874 e. The Bertz CT molecular complexity index is 203. The molecule has 1 heteroatoms. The fourth-order valence-electron chi connectivity index (χ4n) is 1.52. The molecule has 1 unspecified atom stereocenters. The molecule has 0 bridgehead atoms. The molecule has 1 nitrogen and oxygen atoms in total. The molecular weight excluding hydrogens is 148 g/mol. The predicted molar refractivity (Wildman–Crippen MR) is 52.2 cm³/mol. The van der Waals surface area contributed by atoms with Crippen molar-refractivity contribution in [2.45, 2.75) is 39.2 Å². The van der Waals surface area contributed by atoms with Gasteiger partial charge in [-0.15, -0.1) is 0 Å². The lowest BCUT2D eigenvalue weighted by Crippen LogP contribution is -2.28. The van der Waals surface area contributed by atoms with Gasteiger partial charge in [-0.25, -0.2) is 0 Å². The van der Waals surface area contributed by atoms with Gasteiger partial charge in [0.15, 0.2) is 0 Å². The minimum absolute atomic E-state index is 0.0468. The van der Waals surface area contributed by atoms with Crippen LogP contribution >= 0.6 is 0 Å². The van der Waals surface area contributed by atoms with Gasteiger partial charge >= 0.3 is 0 Å². The average Bonchev–Trinajstić information content (AvgIpc) is 2.01. The molecule has 0 aliphatic heterocycles. The molecule has 1 atom stereocenters.